The minimum atomic E-state index is -2.27. The van der Waals surface area contributed by atoms with E-state index in [2.05, 4.69) is 0 Å². The molecule has 12 heavy (non-hydrogen) atoms. The van der Waals surface area contributed by atoms with Crippen LogP contribution in [-0.4, -0.2) is 41.7 Å². The van der Waals surface area contributed by atoms with E-state index in [4.69, 9.17) is 5.11 Å². The third-order valence-corrected chi connectivity index (χ3v) is 3.14. The van der Waals surface area contributed by atoms with Gasteiger partial charge in [-0.15, -0.1) is 0 Å². The largest absolute Gasteiger partial charge is 0.394 e. The molecule has 0 unspecified atom stereocenters. The smallest absolute Gasteiger partial charge is 0.251 e. The van der Waals surface area contributed by atoms with Crippen LogP contribution in [0, 0.1) is 5.92 Å². The summed E-state index contributed by atoms with van der Waals surface area (Å²) in [5.74, 6) is 0.566. The lowest BCUT2D eigenvalue weighted by Gasteiger charge is -2.40. The summed E-state index contributed by atoms with van der Waals surface area (Å²) in [5, 5.41) is 9.06. The maximum absolute atomic E-state index is 12.1. The van der Waals surface area contributed by atoms with Crippen LogP contribution in [0.1, 0.15) is 12.8 Å². The van der Waals surface area contributed by atoms with E-state index >= 15 is 0 Å². The number of rotatable bonds is 3. The molecular weight excluding hydrogens is 164 g/mol. The minimum absolute atomic E-state index is 0.0379. The van der Waals surface area contributed by atoms with Crippen molar-refractivity contribution in [1.82, 2.24) is 4.90 Å². The highest BCUT2D eigenvalue weighted by Gasteiger charge is 2.55. The van der Waals surface area contributed by atoms with Crippen LogP contribution in [0.5, 0.6) is 0 Å². The predicted molar refractivity (Wildman–Crippen MR) is 40.1 cm³/mol. The molecule has 0 aromatic heterocycles. The van der Waals surface area contributed by atoms with Gasteiger partial charge < -0.3 is 5.11 Å². The van der Waals surface area contributed by atoms with Gasteiger partial charge in [0.2, 0.25) is 0 Å². The fraction of sp³-hybridized carbons (Fsp3) is 1.00. The van der Waals surface area contributed by atoms with E-state index in [0.717, 1.165) is 19.4 Å². The van der Waals surface area contributed by atoms with E-state index in [1.54, 1.807) is 4.90 Å². The van der Waals surface area contributed by atoms with Gasteiger partial charge in [0.05, 0.1) is 13.2 Å². The number of aliphatic hydroxyl groups excluding tert-OH is 1. The van der Waals surface area contributed by atoms with Crippen molar-refractivity contribution >= 4 is 0 Å². The van der Waals surface area contributed by atoms with Gasteiger partial charge in [-0.3, -0.25) is 4.90 Å². The lowest BCUT2D eigenvalue weighted by molar-refractivity contribution is 0.00326. The molecular formula is C8H13F2NO. The molecule has 3 rings (SSSR count). The molecule has 0 aromatic carbocycles. The summed E-state index contributed by atoms with van der Waals surface area (Å²) in [4.78, 5) is 1.75. The zero-order valence-corrected chi connectivity index (χ0v) is 6.84. The third-order valence-electron chi connectivity index (χ3n) is 3.14. The fourth-order valence-corrected chi connectivity index (χ4v) is 2.57. The first kappa shape index (κ1) is 8.38. The van der Waals surface area contributed by atoms with Crippen LogP contribution in [0.3, 0.4) is 0 Å². The second kappa shape index (κ2) is 2.64. The van der Waals surface area contributed by atoms with Crippen LogP contribution in [0.4, 0.5) is 8.78 Å². The first-order valence-corrected chi connectivity index (χ1v) is 4.30. The van der Waals surface area contributed by atoms with Crippen molar-refractivity contribution in [3.05, 3.63) is 0 Å². The molecule has 2 heterocycles. The normalized spacial score (nSPS) is 40.5. The zero-order chi connectivity index (χ0) is 8.77. The van der Waals surface area contributed by atoms with E-state index in [9.17, 15) is 8.78 Å². The molecule has 0 amide bonds. The van der Waals surface area contributed by atoms with Crippen LogP contribution in [-0.2, 0) is 0 Å². The predicted octanol–water partition coefficient (Wildman–Crippen LogP) is 0.708. The molecule has 2 nitrogen and oxygen atoms in total. The van der Waals surface area contributed by atoms with Gasteiger partial charge >= 0.3 is 0 Å². The molecule has 3 fully saturated rings. The SMILES string of the molecule is OCC12CC(CN1CC(F)F)C2. The Morgan fingerprint density at radius 3 is 2.67 bits per heavy atom. The Labute approximate surface area is 70.2 Å². The summed E-state index contributed by atoms with van der Waals surface area (Å²) < 4.78 is 24.1. The second-order valence-corrected chi connectivity index (χ2v) is 3.95. The quantitative estimate of drug-likeness (QED) is 0.686. The van der Waals surface area contributed by atoms with Crippen molar-refractivity contribution < 1.29 is 13.9 Å². The van der Waals surface area contributed by atoms with Crippen molar-refractivity contribution in [2.24, 2.45) is 5.92 Å². The second-order valence-electron chi connectivity index (χ2n) is 3.95. The number of aliphatic hydroxyl groups is 1. The summed E-state index contributed by atoms with van der Waals surface area (Å²) in [6.45, 7) is 0.623. The molecule has 2 bridgehead atoms. The highest BCUT2D eigenvalue weighted by atomic mass is 19.3. The molecule has 4 heteroatoms. The Bertz CT molecular complexity index is 180. The summed E-state index contributed by atoms with van der Waals surface area (Å²) in [6, 6.07) is 0. The van der Waals surface area contributed by atoms with E-state index in [-0.39, 0.29) is 18.7 Å². The fourth-order valence-electron chi connectivity index (χ4n) is 2.57. The molecule has 2 saturated heterocycles. The van der Waals surface area contributed by atoms with Crippen LogP contribution in [0.2, 0.25) is 0 Å². The molecule has 1 N–H and O–H groups in total. The molecule has 1 saturated carbocycles. The van der Waals surface area contributed by atoms with Gasteiger partial charge in [0.1, 0.15) is 0 Å². The van der Waals surface area contributed by atoms with Crippen molar-refractivity contribution in [3.8, 4) is 0 Å². The van der Waals surface area contributed by atoms with Crippen molar-refractivity contribution in [2.45, 2.75) is 24.8 Å². The average Bonchev–Trinajstić information content (AvgIpc) is 2.38. The van der Waals surface area contributed by atoms with Crippen LogP contribution in [0.25, 0.3) is 0 Å². The lowest BCUT2D eigenvalue weighted by atomic mass is 9.74. The summed E-state index contributed by atoms with van der Waals surface area (Å²) in [5.41, 5.74) is -0.263. The molecule has 0 aromatic rings. The first-order valence-electron chi connectivity index (χ1n) is 4.30. The molecule has 70 valence electrons. The Hall–Kier alpha value is -0.220. The number of hydrogen-bond acceptors (Lipinski definition) is 2. The number of hydrogen-bond donors (Lipinski definition) is 1. The Morgan fingerprint density at radius 1 is 1.50 bits per heavy atom. The van der Waals surface area contributed by atoms with Gasteiger partial charge in [-0.25, -0.2) is 8.78 Å². The molecule has 1 aliphatic carbocycles. The number of fused-ring (bicyclic) bond motifs is 1. The molecule has 3 aliphatic rings. The van der Waals surface area contributed by atoms with Gasteiger partial charge in [-0.05, 0) is 18.8 Å². The van der Waals surface area contributed by atoms with E-state index in [1.807, 2.05) is 0 Å². The Morgan fingerprint density at radius 2 is 2.17 bits per heavy atom. The average molecular weight is 177 g/mol. The van der Waals surface area contributed by atoms with Crippen LogP contribution in [0.15, 0.2) is 0 Å². The first-order chi connectivity index (χ1) is 5.66. The van der Waals surface area contributed by atoms with Gasteiger partial charge in [0.25, 0.3) is 6.43 Å². The van der Waals surface area contributed by atoms with Crippen LogP contribution < -0.4 is 0 Å². The highest BCUT2D eigenvalue weighted by molar-refractivity contribution is 5.10. The molecule has 0 radical (unpaired) electrons. The molecule has 2 aliphatic heterocycles. The van der Waals surface area contributed by atoms with Gasteiger partial charge in [-0.1, -0.05) is 0 Å². The van der Waals surface area contributed by atoms with Gasteiger partial charge in [0, 0.05) is 12.1 Å². The summed E-state index contributed by atoms with van der Waals surface area (Å²) in [6.07, 6.45) is -0.445. The van der Waals surface area contributed by atoms with Gasteiger partial charge in [-0.2, -0.15) is 0 Å². The molecule has 0 atom stereocenters. The Kier molecular flexibility index (Phi) is 1.84. The standard InChI is InChI=1S/C8H13F2NO/c9-7(10)4-11-3-6-1-8(11,2-6)5-12/h6-7,12H,1-5H2. The van der Waals surface area contributed by atoms with Crippen molar-refractivity contribution in [3.63, 3.8) is 0 Å². The maximum Gasteiger partial charge on any atom is 0.251 e. The van der Waals surface area contributed by atoms with E-state index in [1.165, 1.54) is 0 Å². The maximum atomic E-state index is 12.1. The number of nitrogens with zero attached hydrogens (tertiary/aromatic N) is 1. The summed E-state index contributed by atoms with van der Waals surface area (Å²) in [7, 11) is 0. The number of halogens is 2. The van der Waals surface area contributed by atoms with E-state index < -0.39 is 6.43 Å². The number of alkyl halides is 2. The Balaban J connectivity index is 1.98. The zero-order valence-electron chi connectivity index (χ0n) is 6.84. The van der Waals surface area contributed by atoms with Crippen molar-refractivity contribution in [1.29, 1.82) is 0 Å². The molecule has 0 spiro atoms. The third kappa shape index (κ3) is 1.05. The highest BCUT2D eigenvalue weighted by Crippen LogP contribution is 2.50. The minimum Gasteiger partial charge on any atom is -0.394 e. The monoisotopic (exact) mass is 177 g/mol. The van der Waals surface area contributed by atoms with Gasteiger partial charge in [0.15, 0.2) is 0 Å². The topological polar surface area (TPSA) is 23.5 Å². The summed E-state index contributed by atoms with van der Waals surface area (Å²) >= 11 is 0. The van der Waals surface area contributed by atoms with E-state index in [0.29, 0.717) is 5.92 Å². The van der Waals surface area contributed by atoms with Crippen LogP contribution >= 0.6 is 0 Å². The van der Waals surface area contributed by atoms with Crippen molar-refractivity contribution in [2.75, 3.05) is 19.7 Å². The lowest BCUT2D eigenvalue weighted by Crippen LogP contribution is -2.50.